The molecule has 1 atom stereocenters. The van der Waals surface area contributed by atoms with E-state index in [0.29, 0.717) is 0 Å². The molecule has 88 valence electrons. The highest BCUT2D eigenvalue weighted by atomic mass is 16.5. The summed E-state index contributed by atoms with van der Waals surface area (Å²) >= 11 is 0. The van der Waals surface area contributed by atoms with Crippen LogP contribution in [0.4, 0.5) is 5.69 Å². The van der Waals surface area contributed by atoms with Crippen LogP contribution in [0.5, 0.6) is 0 Å². The van der Waals surface area contributed by atoms with Gasteiger partial charge in [0.05, 0.1) is 17.0 Å². The summed E-state index contributed by atoms with van der Waals surface area (Å²) in [5, 5.41) is 8.37. The molecule has 0 saturated carbocycles. The van der Waals surface area contributed by atoms with Gasteiger partial charge >= 0.3 is 0 Å². The fraction of sp³-hybridized carbons (Fsp3) is 0.286. The molecule has 0 aliphatic heterocycles. The second kappa shape index (κ2) is 5.06. The van der Waals surface area contributed by atoms with Crippen LogP contribution < -0.4 is 0 Å². The lowest BCUT2D eigenvalue weighted by atomic mass is 9.96. The van der Waals surface area contributed by atoms with E-state index in [4.69, 9.17) is 4.74 Å². The highest BCUT2D eigenvalue weighted by molar-refractivity contribution is 5.35. The lowest BCUT2D eigenvalue weighted by Gasteiger charge is -2.25. The van der Waals surface area contributed by atoms with E-state index >= 15 is 0 Å². The van der Waals surface area contributed by atoms with Crippen LogP contribution in [-0.2, 0) is 4.74 Å². The maximum absolute atomic E-state index is 5.39. The Balaban J connectivity index is 2.03. The number of hydrogen-bond acceptors (Lipinski definition) is 3. The molecule has 0 aromatic heterocycles. The summed E-state index contributed by atoms with van der Waals surface area (Å²) < 4.78 is 5.39. The van der Waals surface area contributed by atoms with Crippen molar-refractivity contribution >= 4 is 5.69 Å². The van der Waals surface area contributed by atoms with Crippen molar-refractivity contribution < 1.29 is 4.74 Å². The predicted molar refractivity (Wildman–Crippen MR) is 68.2 cm³/mol. The van der Waals surface area contributed by atoms with Crippen molar-refractivity contribution in [1.82, 2.24) is 0 Å². The Bertz CT molecular complexity index is 462. The van der Waals surface area contributed by atoms with Crippen molar-refractivity contribution in [2.75, 3.05) is 7.11 Å². The molecule has 17 heavy (non-hydrogen) atoms. The topological polar surface area (TPSA) is 34.0 Å². The molecule has 0 saturated heterocycles. The van der Waals surface area contributed by atoms with Gasteiger partial charge in [-0.3, -0.25) is 0 Å². The van der Waals surface area contributed by atoms with E-state index in [1.165, 1.54) is 0 Å². The Morgan fingerprint density at radius 1 is 1.18 bits per heavy atom. The molecule has 1 aliphatic rings. The number of allylic oxidation sites excluding steroid dienone is 1. The first kappa shape index (κ1) is 11.7. The van der Waals surface area contributed by atoms with Crippen LogP contribution in [0, 0.1) is 0 Å². The summed E-state index contributed by atoms with van der Waals surface area (Å²) in [5.74, 6) is 0. The molecule has 0 fully saturated rings. The van der Waals surface area contributed by atoms with Crippen LogP contribution in [-0.4, -0.2) is 12.7 Å². The molecule has 0 amide bonds. The van der Waals surface area contributed by atoms with Crippen molar-refractivity contribution in [3.8, 4) is 0 Å². The molecule has 0 N–H and O–H groups in total. The third-order valence-corrected chi connectivity index (χ3v) is 2.83. The zero-order valence-corrected chi connectivity index (χ0v) is 10.1. The standard InChI is InChI=1S/C14H16N2O/c1-14(17-2)10-8-13(9-11-14)16-15-12-6-4-3-5-7-12/h3-10H,11H2,1-2H3. The van der Waals surface area contributed by atoms with Gasteiger partial charge in [0.2, 0.25) is 0 Å². The average Bonchev–Trinajstić information content (AvgIpc) is 2.39. The molecule has 0 spiro atoms. The van der Waals surface area contributed by atoms with Gasteiger partial charge < -0.3 is 4.74 Å². The number of azo groups is 1. The van der Waals surface area contributed by atoms with Crippen molar-refractivity contribution in [2.24, 2.45) is 10.2 Å². The number of nitrogens with zero attached hydrogens (tertiary/aromatic N) is 2. The number of hydrogen-bond donors (Lipinski definition) is 0. The SMILES string of the molecule is COC1(C)C=CC(N=Nc2ccccc2)=CC1. The Labute approximate surface area is 102 Å². The van der Waals surface area contributed by atoms with Gasteiger partial charge in [-0.15, -0.1) is 0 Å². The second-order valence-electron chi connectivity index (χ2n) is 4.22. The van der Waals surface area contributed by atoms with Gasteiger partial charge in [0.1, 0.15) is 0 Å². The smallest absolute Gasteiger partial charge is 0.0869 e. The van der Waals surface area contributed by atoms with Gasteiger partial charge in [0.15, 0.2) is 0 Å². The van der Waals surface area contributed by atoms with Crippen LogP contribution in [0.1, 0.15) is 13.3 Å². The first-order valence-corrected chi connectivity index (χ1v) is 5.63. The van der Waals surface area contributed by atoms with Crippen LogP contribution in [0.25, 0.3) is 0 Å². The minimum atomic E-state index is -0.203. The first-order chi connectivity index (χ1) is 8.22. The van der Waals surface area contributed by atoms with E-state index in [1.54, 1.807) is 7.11 Å². The number of rotatable bonds is 3. The highest BCUT2D eigenvalue weighted by Crippen LogP contribution is 2.24. The second-order valence-corrected chi connectivity index (χ2v) is 4.22. The largest absolute Gasteiger partial charge is 0.374 e. The summed E-state index contributed by atoms with van der Waals surface area (Å²) in [6, 6.07) is 9.71. The fourth-order valence-corrected chi connectivity index (χ4v) is 1.54. The Hall–Kier alpha value is -1.74. The molecule has 1 aromatic rings. The van der Waals surface area contributed by atoms with Crippen LogP contribution >= 0.6 is 0 Å². The van der Waals surface area contributed by atoms with Gasteiger partial charge in [0, 0.05) is 13.5 Å². The summed E-state index contributed by atoms with van der Waals surface area (Å²) in [5.41, 5.74) is 1.54. The van der Waals surface area contributed by atoms with Crippen LogP contribution in [0.2, 0.25) is 0 Å². The lowest BCUT2D eigenvalue weighted by Crippen LogP contribution is -2.24. The van der Waals surface area contributed by atoms with E-state index in [0.717, 1.165) is 17.8 Å². The van der Waals surface area contributed by atoms with E-state index < -0.39 is 0 Å². The molecule has 0 bridgehead atoms. The van der Waals surface area contributed by atoms with E-state index in [-0.39, 0.29) is 5.60 Å². The van der Waals surface area contributed by atoms with Gasteiger partial charge in [0.25, 0.3) is 0 Å². The first-order valence-electron chi connectivity index (χ1n) is 5.63. The summed E-state index contributed by atoms with van der Waals surface area (Å²) in [6.45, 7) is 2.05. The Kier molecular flexibility index (Phi) is 3.49. The average molecular weight is 228 g/mol. The third kappa shape index (κ3) is 3.11. The quantitative estimate of drug-likeness (QED) is 0.719. The van der Waals surface area contributed by atoms with Gasteiger partial charge in [-0.05, 0) is 25.1 Å². The Morgan fingerprint density at radius 2 is 1.94 bits per heavy atom. The van der Waals surface area contributed by atoms with Crippen LogP contribution in [0.15, 0.2) is 64.5 Å². The summed E-state index contributed by atoms with van der Waals surface area (Å²) in [4.78, 5) is 0. The monoisotopic (exact) mass is 228 g/mol. The van der Waals surface area contributed by atoms with Crippen molar-refractivity contribution in [1.29, 1.82) is 0 Å². The molecule has 3 nitrogen and oxygen atoms in total. The van der Waals surface area contributed by atoms with Crippen molar-refractivity contribution in [3.63, 3.8) is 0 Å². The maximum atomic E-state index is 5.39. The zero-order chi connectivity index (χ0) is 12.1. The molecule has 2 rings (SSSR count). The van der Waals surface area contributed by atoms with Gasteiger partial charge in [-0.1, -0.05) is 30.4 Å². The number of benzene rings is 1. The molecule has 1 aromatic carbocycles. The molecule has 1 unspecified atom stereocenters. The van der Waals surface area contributed by atoms with Gasteiger partial charge in [-0.25, -0.2) is 0 Å². The summed E-state index contributed by atoms with van der Waals surface area (Å²) in [6.07, 6.45) is 6.82. The van der Waals surface area contributed by atoms with E-state index in [2.05, 4.69) is 10.2 Å². The minimum absolute atomic E-state index is 0.203. The van der Waals surface area contributed by atoms with Crippen molar-refractivity contribution in [3.05, 3.63) is 54.3 Å². The van der Waals surface area contributed by atoms with Gasteiger partial charge in [-0.2, -0.15) is 10.2 Å². The molecule has 0 heterocycles. The lowest BCUT2D eigenvalue weighted by molar-refractivity contribution is 0.0502. The normalized spacial score (nSPS) is 24.0. The molecular weight excluding hydrogens is 212 g/mol. The molecule has 3 heteroatoms. The molecule has 1 aliphatic carbocycles. The van der Waals surface area contributed by atoms with Crippen LogP contribution in [0.3, 0.4) is 0 Å². The maximum Gasteiger partial charge on any atom is 0.0869 e. The molecular formula is C14H16N2O. The highest BCUT2D eigenvalue weighted by Gasteiger charge is 2.21. The summed E-state index contributed by atoms with van der Waals surface area (Å²) in [7, 11) is 1.72. The molecule has 0 radical (unpaired) electrons. The minimum Gasteiger partial charge on any atom is -0.374 e. The van der Waals surface area contributed by atoms with E-state index in [9.17, 15) is 0 Å². The fourth-order valence-electron chi connectivity index (χ4n) is 1.54. The zero-order valence-electron chi connectivity index (χ0n) is 10.1. The van der Waals surface area contributed by atoms with E-state index in [1.807, 2.05) is 55.5 Å². The Morgan fingerprint density at radius 3 is 2.53 bits per heavy atom. The van der Waals surface area contributed by atoms with Crippen molar-refractivity contribution in [2.45, 2.75) is 18.9 Å². The number of ether oxygens (including phenoxy) is 1. The predicted octanol–water partition coefficient (Wildman–Crippen LogP) is 4.02. The number of methoxy groups -OCH3 is 1. The third-order valence-electron chi connectivity index (χ3n) is 2.83.